The summed E-state index contributed by atoms with van der Waals surface area (Å²) in [5, 5.41) is 6.96. The summed E-state index contributed by atoms with van der Waals surface area (Å²) in [5.74, 6) is 2.66. The van der Waals surface area contributed by atoms with Crippen LogP contribution in [0.3, 0.4) is 0 Å². The molecular weight excluding hydrogens is 208 g/mol. The Hall–Kier alpha value is -1.46. The molecule has 0 bridgehead atoms. The normalized spacial score (nSPS) is 13.6. The van der Waals surface area contributed by atoms with E-state index in [1.54, 1.807) is 0 Å². The lowest BCUT2D eigenvalue weighted by Gasteiger charge is -2.21. The molecule has 1 heterocycles. The molecule has 2 N–H and O–H groups in total. The van der Waals surface area contributed by atoms with Crippen molar-refractivity contribution in [2.24, 2.45) is 0 Å². The molecule has 0 atom stereocenters. The van der Waals surface area contributed by atoms with E-state index >= 15 is 0 Å². The average molecular weight is 228 g/mol. The van der Waals surface area contributed by atoms with Crippen molar-refractivity contribution in [1.82, 2.24) is 5.32 Å². The van der Waals surface area contributed by atoms with Crippen molar-refractivity contribution in [3.63, 3.8) is 0 Å². The van der Waals surface area contributed by atoms with E-state index < -0.39 is 0 Å². The maximum absolute atomic E-state index is 5.23. The molecule has 0 unspecified atom stereocenters. The number of para-hydroxylation sites is 1. The molecule has 1 aliphatic heterocycles. The molecule has 0 radical (unpaired) electrons. The number of nitrogens with one attached hydrogen (secondary N) is 2. The predicted octanol–water partition coefficient (Wildman–Crippen LogP) is 2.55. The maximum Gasteiger partial charge on any atom is 0.0418 e. The third-order valence-corrected chi connectivity index (χ3v) is 3.15. The summed E-state index contributed by atoms with van der Waals surface area (Å²) in [6.45, 7) is 3.02. The molecule has 0 amide bonds. The second-order valence-corrected chi connectivity index (χ2v) is 4.47. The van der Waals surface area contributed by atoms with Gasteiger partial charge in [0, 0.05) is 25.2 Å². The van der Waals surface area contributed by atoms with Gasteiger partial charge in [0.1, 0.15) is 0 Å². The molecular formula is C15H20N2. The average Bonchev–Trinajstić information content (AvgIpc) is 2.39. The zero-order valence-corrected chi connectivity index (χ0v) is 10.3. The van der Waals surface area contributed by atoms with E-state index in [-0.39, 0.29) is 0 Å². The highest BCUT2D eigenvalue weighted by Gasteiger charge is 2.11. The summed E-state index contributed by atoms with van der Waals surface area (Å²) in [5.41, 5.74) is 4.19. The largest absolute Gasteiger partial charge is 0.385 e. The van der Waals surface area contributed by atoms with Gasteiger partial charge >= 0.3 is 0 Å². The van der Waals surface area contributed by atoms with Crippen LogP contribution >= 0.6 is 0 Å². The quantitative estimate of drug-likeness (QED) is 0.598. The van der Waals surface area contributed by atoms with Crippen molar-refractivity contribution in [2.45, 2.75) is 32.2 Å². The second kappa shape index (κ2) is 6.32. The van der Waals surface area contributed by atoms with E-state index in [0.717, 1.165) is 32.5 Å². The summed E-state index contributed by atoms with van der Waals surface area (Å²) in [6.07, 6.45) is 9.58. The van der Waals surface area contributed by atoms with Crippen LogP contribution in [-0.4, -0.2) is 13.1 Å². The number of fused-ring (bicyclic) bond motifs is 1. The standard InChI is InChI=1S/C15H20N2/c1-2-3-4-10-16-12-14-8-5-7-13-9-6-11-17-15(13)14/h1,5,7-8,16-17H,3-4,6,9-12H2. The third kappa shape index (κ3) is 3.25. The number of terminal acetylenes is 1. The lowest BCUT2D eigenvalue weighted by Crippen LogP contribution is -2.19. The van der Waals surface area contributed by atoms with Crippen molar-refractivity contribution >= 4 is 5.69 Å². The Labute approximate surface area is 104 Å². The molecule has 1 aromatic rings. The number of unbranched alkanes of at least 4 members (excludes halogenated alkanes) is 1. The molecule has 2 rings (SSSR count). The lowest BCUT2D eigenvalue weighted by molar-refractivity contribution is 0.657. The SMILES string of the molecule is C#CCCCNCc1cccc2c1NCCC2. The Morgan fingerprint density at radius 1 is 1.41 bits per heavy atom. The van der Waals surface area contributed by atoms with Gasteiger partial charge in [-0.2, -0.15) is 0 Å². The third-order valence-electron chi connectivity index (χ3n) is 3.15. The van der Waals surface area contributed by atoms with Gasteiger partial charge in [-0.05, 0) is 36.9 Å². The number of anilines is 1. The molecule has 0 spiro atoms. The van der Waals surface area contributed by atoms with Crippen LogP contribution in [0.4, 0.5) is 5.69 Å². The fraction of sp³-hybridized carbons (Fsp3) is 0.467. The first-order valence-corrected chi connectivity index (χ1v) is 6.40. The van der Waals surface area contributed by atoms with E-state index in [1.165, 1.54) is 29.7 Å². The van der Waals surface area contributed by atoms with Crippen LogP contribution in [0.2, 0.25) is 0 Å². The Morgan fingerprint density at radius 3 is 3.24 bits per heavy atom. The molecule has 0 fully saturated rings. The van der Waals surface area contributed by atoms with Crippen molar-refractivity contribution in [2.75, 3.05) is 18.4 Å². The van der Waals surface area contributed by atoms with E-state index in [4.69, 9.17) is 6.42 Å². The number of rotatable bonds is 5. The van der Waals surface area contributed by atoms with Crippen LogP contribution in [0.15, 0.2) is 18.2 Å². The van der Waals surface area contributed by atoms with Crippen LogP contribution in [0.25, 0.3) is 0 Å². The fourth-order valence-electron chi connectivity index (χ4n) is 2.27. The summed E-state index contributed by atoms with van der Waals surface area (Å²) < 4.78 is 0. The fourth-order valence-corrected chi connectivity index (χ4v) is 2.27. The Kier molecular flexibility index (Phi) is 4.46. The minimum absolute atomic E-state index is 0.859. The molecule has 17 heavy (non-hydrogen) atoms. The van der Waals surface area contributed by atoms with Gasteiger partial charge in [-0.3, -0.25) is 0 Å². The van der Waals surface area contributed by atoms with Gasteiger partial charge in [0.25, 0.3) is 0 Å². The van der Waals surface area contributed by atoms with Crippen molar-refractivity contribution in [1.29, 1.82) is 0 Å². The Morgan fingerprint density at radius 2 is 2.35 bits per heavy atom. The van der Waals surface area contributed by atoms with Gasteiger partial charge in [-0.25, -0.2) is 0 Å². The van der Waals surface area contributed by atoms with Crippen LogP contribution in [0.5, 0.6) is 0 Å². The summed E-state index contributed by atoms with van der Waals surface area (Å²) in [4.78, 5) is 0. The zero-order chi connectivity index (χ0) is 11.9. The minimum atomic E-state index is 0.859. The van der Waals surface area contributed by atoms with Gasteiger partial charge in [-0.1, -0.05) is 18.2 Å². The first-order valence-electron chi connectivity index (χ1n) is 6.40. The predicted molar refractivity (Wildman–Crippen MR) is 73.0 cm³/mol. The first kappa shape index (κ1) is 12.0. The monoisotopic (exact) mass is 228 g/mol. The molecule has 1 aliphatic rings. The highest BCUT2D eigenvalue weighted by atomic mass is 14.9. The smallest absolute Gasteiger partial charge is 0.0418 e. The van der Waals surface area contributed by atoms with Gasteiger partial charge < -0.3 is 10.6 Å². The van der Waals surface area contributed by atoms with Gasteiger partial charge in [0.2, 0.25) is 0 Å². The highest BCUT2D eigenvalue weighted by molar-refractivity contribution is 5.59. The van der Waals surface area contributed by atoms with E-state index in [0.29, 0.717) is 0 Å². The van der Waals surface area contributed by atoms with Gasteiger partial charge in [0.05, 0.1) is 0 Å². The Bertz CT molecular complexity index is 404. The summed E-state index contributed by atoms with van der Waals surface area (Å²) in [6, 6.07) is 6.58. The molecule has 0 aromatic heterocycles. The molecule has 2 heteroatoms. The Balaban J connectivity index is 1.90. The maximum atomic E-state index is 5.23. The number of benzene rings is 1. The number of hydrogen-bond donors (Lipinski definition) is 2. The highest BCUT2D eigenvalue weighted by Crippen LogP contribution is 2.25. The molecule has 1 aromatic carbocycles. The molecule has 2 nitrogen and oxygen atoms in total. The topological polar surface area (TPSA) is 24.1 Å². The molecule has 0 saturated heterocycles. The molecule has 90 valence electrons. The van der Waals surface area contributed by atoms with Crippen LogP contribution in [-0.2, 0) is 13.0 Å². The van der Waals surface area contributed by atoms with E-state index in [2.05, 4.69) is 34.8 Å². The summed E-state index contributed by atoms with van der Waals surface area (Å²) in [7, 11) is 0. The molecule has 0 saturated carbocycles. The first-order chi connectivity index (χ1) is 8.42. The summed E-state index contributed by atoms with van der Waals surface area (Å²) >= 11 is 0. The van der Waals surface area contributed by atoms with Gasteiger partial charge in [0.15, 0.2) is 0 Å². The van der Waals surface area contributed by atoms with Crippen LogP contribution in [0.1, 0.15) is 30.4 Å². The molecule has 0 aliphatic carbocycles. The lowest BCUT2D eigenvalue weighted by atomic mass is 9.99. The van der Waals surface area contributed by atoms with E-state index in [9.17, 15) is 0 Å². The second-order valence-electron chi connectivity index (χ2n) is 4.47. The number of hydrogen-bond acceptors (Lipinski definition) is 2. The van der Waals surface area contributed by atoms with Gasteiger partial charge in [-0.15, -0.1) is 12.3 Å². The van der Waals surface area contributed by atoms with Crippen LogP contribution < -0.4 is 10.6 Å². The van der Waals surface area contributed by atoms with Crippen molar-refractivity contribution in [3.8, 4) is 12.3 Å². The van der Waals surface area contributed by atoms with E-state index in [1.807, 2.05) is 0 Å². The van der Waals surface area contributed by atoms with Crippen molar-refractivity contribution < 1.29 is 0 Å². The van der Waals surface area contributed by atoms with Crippen molar-refractivity contribution in [3.05, 3.63) is 29.3 Å². The number of aryl methyl sites for hydroxylation is 1. The zero-order valence-electron chi connectivity index (χ0n) is 10.3. The minimum Gasteiger partial charge on any atom is -0.385 e. The van der Waals surface area contributed by atoms with Crippen LogP contribution in [0, 0.1) is 12.3 Å².